The van der Waals surface area contributed by atoms with E-state index in [0.29, 0.717) is 17.6 Å². The monoisotopic (exact) mass is 609 g/mol. The third-order valence-corrected chi connectivity index (χ3v) is 7.93. The molecule has 1 fully saturated rings. The Morgan fingerprint density at radius 3 is 2.54 bits per heavy atom. The highest BCUT2D eigenvalue weighted by molar-refractivity contribution is 9.10. The van der Waals surface area contributed by atoms with Crippen LogP contribution in [-0.2, 0) is 11.3 Å². The third-order valence-electron chi connectivity index (χ3n) is 6.39. The van der Waals surface area contributed by atoms with E-state index in [9.17, 15) is 4.79 Å². The van der Waals surface area contributed by atoms with Crippen molar-refractivity contribution in [1.29, 1.82) is 0 Å². The number of hydrogen-bond acceptors (Lipinski definition) is 7. The van der Waals surface area contributed by atoms with Crippen LogP contribution in [0.2, 0.25) is 0 Å². The summed E-state index contributed by atoms with van der Waals surface area (Å²) in [6.07, 6.45) is 10.6. The maximum Gasteiger partial charge on any atom is 0.416 e. The third kappa shape index (κ3) is 7.05. The number of halogens is 1. The quantitative estimate of drug-likeness (QED) is 0.195. The number of amides is 1. The van der Waals surface area contributed by atoms with Crippen molar-refractivity contribution in [3.63, 3.8) is 0 Å². The van der Waals surface area contributed by atoms with Crippen molar-refractivity contribution in [3.05, 3.63) is 76.9 Å². The average molecular weight is 611 g/mol. The lowest BCUT2D eigenvalue weighted by Crippen LogP contribution is -2.36. The van der Waals surface area contributed by atoms with Gasteiger partial charge in [0.1, 0.15) is 11.4 Å². The molecule has 1 saturated carbocycles. The highest BCUT2D eigenvalue weighted by atomic mass is 79.9. The Bertz CT molecular complexity index is 1410. The first-order valence-corrected chi connectivity index (χ1v) is 14.5. The summed E-state index contributed by atoms with van der Waals surface area (Å²) < 4.78 is 14.0. The number of hydrogen-bond donors (Lipinski definition) is 0. The van der Waals surface area contributed by atoms with Crippen molar-refractivity contribution < 1.29 is 14.3 Å². The summed E-state index contributed by atoms with van der Waals surface area (Å²) in [5, 5.41) is 5.28. The van der Waals surface area contributed by atoms with Crippen LogP contribution in [0, 0.1) is 5.92 Å². The van der Waals surface area contributed by atoms with Gasteiger partial charge in [-0.25, -0.2) is 14.7 Å². The van der Waals surface area contributed by atoms with Crippen LogP contribution in [-0.4, -0.2) is 38.6 Å². The number of methoxy groups -OCH3 is 1. The van der Waals surface area contributed by atoms with Gasteiger partial charge in [-0.3, -0.25) is 9.67 Å². The van der Waals surface area contributed by atoms with E-state index < -0.39 is 11.7 Å². The molecule has 4 aromatic rings. The van der Waals surface area contributed by atoms with Crippen molar-refractivity contribution in [2.45, 2.75) is 58.2 Å². The van der Waals surface area contributed by atoms with Crippen molar-refractivity contribution in [1.82, 2.24) is 19.7 Å². The van der Waals surface area contributed by atoms with E-state index in [1.54, 1.807) is 18.2 Å². The molecule has 5 rings (SSSR count). The Morgan fingerprint density at radius 1 is 1.13 bits per heavy atom. The van der Waals surface area contributed by atoms with Gasteiger partial charge in [0.25, 0.3) is 0 Å². The number of aromatic nitrogens is 4. The molecular formula is C29H32BrN5O3S. The molecule has 1 unspecified atom stereocenters. The normalized spacial score (nSPS) is 14.2. The van der Waals surface area contributed by atoms with Gasteiger partial charge in [0.2, 0.25) is 0 Å². The summed E-state index contributed by atoms with van der Waals surface area (Å²) >= 11 is 4.92. The van der Waals surface area contributed by atoms with Gasteiger partial charge in [-0.05, 0) is 78.9 Å². The van der Waals surface area contributed by atoms with Gasteiger partial charge in [0, 0.05) is 28.6 Å². The maximum atomic E-state index is 13.2. The zero-order valence-electron chi connectivity index (χ0n) is 22.5. The smallest absolute Gasteiger partial charge is 0.416 e. The highest BCUT2D eigenvalue weighted by Crippen LogP contribution is 2.40. The van der Waals surface area contributed by atoms with Gasteiger partial charge < -0.3 is 9.47 Å². The van der Waals surface area contributed by atoms with Crippen LogP contribution in [0.3, 0.4) is 0 Å². The number of carbonyl (C=O) groups excluding carboxylic acids is 1. The van der Waals surface area contributed by atoms with Crippen LogP contribution in [0.5, 0.6) is 5.75 Å². The molecule has 1 aliphatic rings. The molecule has 39 heavy (non-hydrogen) atoms. The second-order valence-corrected chi connectivity index (χ2v) is 12.7. The molecule has 8 nitrogen and oxygen atoms in total. The van der Waals surface area contributed by atoms with Crippen LogP contribution in [0.4, 0.5) is 9.93 Å². The number of nitrogens with zero attached hydrogens (tertiary/aromatic N) is 5. The minimum Gasteiger partial charge on any atom is -0.497 e. The van der Waals surface area contributed by atoms with E-state index in [2.05, 4.69) is 38.2 Å². The Labute approximate surface area is 241 Å². The molecule has 1 aromatic carbocycles. The first-order chi connectivity index (χ1) is 18.7. The molecule has 0 aliphatic heterocycles. The van der Waals surface area contributed by atoms with E-state index in [-0.39, 0.29) is 6.04 Å². The van der Waals surface area contributed by atoms with Crippen molar-refractivity contribution in [2.75, 3.05) is 12.0 Å². The molecule has 10 heteroatoms. The van der Waals surface area contributed by atoms with Gasteiger partial charge >= 0.3 is 6.09 Å². The van der Waals surface area contributed by atoms with Gasteiger partial charge in [-0.15, -0.1) is 0 Å². The van der Waals surface area contributed by atoms with Crippen LogP contribution >= 0.6 is 27.3 Å². The Kier molecular flexibility index (Phi) is 8.04. The van der Waals surface area contributed by atoms with Gasteiger partial charge in [-0.2, -0.15) is 5.10 Å². The molecule has 3 aromatic heterocycles. The van der Waals surface area contributed by atoms with E-state index in [1.165, 1.54) is 24.2 Å². The van der Waals surface area contributed by atoms with Crippen LogP contribution in [0.15, 0.2) is 65.7 Å². The molecule has 1 aliphatic carbocycles. The number of thiazole rings is 1. The van der Waals surface area contributed by atoms with E-state index in [0.717, 1.165) is 38.3 Å². The molecule has 0 saturated heterocycles. The van der Waals surface area contributed by atoms with E-state index in [1.807, 2.05) is 68.2 Å². The summed E-state index contributed by atoms with van der Waals surface area (Å²) in [4.78, 5) is 25.0. The topological polar surface area (TPSA) is 82.4 Å². The van der Waals surface area contributed by atoms with Crippen molar-refractivity contribution in [2.24, 2.45) is 5.92 Å². The minimum absolute atomic E-state index is 0.0695. The largest absolute Gasteiger partial charge is 0.497 e. The van der Waals surface area contributed by atoms with Crippen LogP contribution in [0.25, 0.3) is 10.4 Å². The minimum atomic E-state index is -0.631. The fourth-order valence-corrected chi connectivity index (χ4v) is 5.33. The van der Waals surface area contributed by atoms with Crippen LogP contribution in [0.1, 0.15) is 57.3 Å². The number of anilines is 1. The summed E-state index contributed by atoms with van der Waals surface area (Å²) in [6, 6.07) is 11.8. The zero-order valence-corrected chi connectivity index (χ0v) is 24.9. The van der Waals surface area contributed by atoms with E-state index in [4.69, 9.17) is 14.6 Å². The van der Waals surface area contributed by atoms with Crippen molar-refractivity contribution >= 4 is 38.5 Å². The maximum absolute atomic E-state index is 13.2. The lowest BCUT2D eigenvalue weighted by atomic mass is 10.1. The molecule has 3 heterocycles. The Balaban J connectivity index is 1.40. The Morgan fingerprint density at radius 2 is 1.90 bits per heavy atom. The predicted octanol–water partition coefficient (Wildman–Crippen LogP) is 7.50. The predicted molar refractivity (Wildman–Crippen MR) is 156 cm³/mol. The molecular weight excluding hydrogens is 578 g/mol. The molecule has 1 amide bonds. The van der Waals surface area contributed by atoms with Crippen LogP contribution < -0.4 is 9.64 Å². The van der Waals surface area contributed by atoms with Gasteiger partial charge in [0.15, 0.2) is 5.13 Å². The lowest BCUT2D eigenvalue weighted by Gasteiger charge is -2.26. The second-order valence-electron chi connectivity index (χ2n) is 10.7. The average Bonchev–Trinajstić information content (AvgIpc) is 3.37. The summed E-state index contributed by atoms with van der Waals surface area (Å²) in [7, 11) is 1.63. The summed E-state index contributed by atoms with van der Waals surface area (Å²) in [5.74, 6) is 1.47. The van der Waals surface area contributed by atoms with Gasteiger partial charge in [0.05, 0.1) is 36.5 Å². The van der Waals surface area contributed by atoms with E-state index >= 15 is 0 Å². The molecule has 0 radical (unpaired) electrons. The van der Waals surface area contributed by atoms with Gasteiger partial charge in [-0.1, -0.05) is 36.3 Å². The molecule has 0 N–H and O–H groups in total. The number of ether oxygens (including phenoxy) is 2. The fourth-order valence-electron chi connectivity index (χ4n) is 4.22. The first kappa shape index (κ1) is 27.3. The van der Waals surface area contributed by atoms with Crippen molar-refractivity contribution in [3.8, 4) is 16.2 Å². The summed E-state index contributed by atoms with van der Waals surface area (Å²) in [6.45, 7) is 5.90. The fraction of sp³-hybridized carbons (Fsp3) is 0.379. The molecule has 0 bridgehead atoms. The zero-order chi connectivity index (χ0) is 27.6. The molecule has 1 atom stereocenters. The Hall–Kier alpha value is -3.24. The SMILES string of the molecule is COc1ccc(CN(C(=O)OC(C)(C)C)c2ncc(-c3cnn(C(CC4CC4)c4ccc(Br)cn4)c3)s2)cc1. The molecule has 204 valence electrons. The number of rotatable bonds is 9. The molecule has 0 spiro atoms. The number of pyridine rings is 1. The lowest BCUT2D eigenvalue weighted by molar-refractivity contribution is 0.0577. The standard InChI is InChI=1S/C29H32BrN5O3S/c1-29(2,3)38-28(36)34(17-20-7-10-23(37-4)11-8-20)27-32-16-26(39-27)21-14-33-35(18-21)25(13-19-5-6-19)24-12-9-22(30)15-31-24/h7-12,14-16,18-19,25H,5-6,13,17H2,1-4H3. The highest BCUT2D eigenvalue weighted by Gasteiger charge is 2.29. The first-order valence-electron chi connectivity index (χ1n) is 12.9. The summed E-state index contributed by atoms with van der Waals surface area (Å²) in [5.41, 5.74) is 2.26. The number of carbonyl (C=O) groups is 1. The second kappa shape index (κ2) is 11.5. The number of benzene rings is 1.